The molecule has 1 aromatic heterocycles. The minimum absolute atomic E-state index is 0.166. The molecule has 0 saturated carbocycles. The summed E-state index contributed by atoms with van der Waals surface area (Å²) in [5.74, 6) is 2.01. The van der Waals surface area contributed by atoms with Gasteiger partial charge in [-0.1, -0.05) is 19.0 Å². The third-order valence-electron chi connectivity index (χ3n) is 3.05. The van der Waals surface area contributed by atoms with Crippen LogP contribution in [0.3, 0.4) is 0 Å². The number of nitrogens with zero attached hydrogens (tertiary/aromatic N) is 2. The molecule has 5 nitrogen and oxygen atoms in total. The summed E-state index contributed by atoms with van der Waals surface area (Å²) in [6, 6.07) is -0.166. The van der Waals surface area contributed by atoms with Crippen molar-refractivity contribution in [2.75, 3.05) is 13.2 Å². The molecule has 0 unspecified atom stereocenters. The van der Waals surface area contributed by atoms with E-state index < -0.39 is 0 Å². The van der Waals surface area contributed by atoms with Crippen molar-refractivity contribution in [2.24, 2.45) is 11.7 Å². The third-order valence-corrected chi connectivity index (χ3v) is 3.05. The quantitative estimate of drug-likeness (QED) is 0.846. The van der Waals surface area contributed by atoms with E-state index in [1.807, 2.05) is 13.8 Å². The molecule has 0 amide bonds. The van der Waals surface area contributed by atoms with E-state index in [-0.39, 0.29) is 6.04 Å². The number of ether oxygens (including phenoxy) is 1. The molecule has 90 valence electrons. The van der Waals surface area contributed by atoms with Gasteiger partial charge in [-0.15, -0.1) is 0 Å². The van der Waals surface area contributed by atoms with Gasteiger partial charge in [0.05, 0.1) is 6.04 Å². The second kappa shape index (κ2) is 4.93. The van der Waals surface area contributed by atoms with Gasteiger partial charge in [0, 0.05) is 19.1 Å². The molecule has 2 heterocycles. The summed E-state index contributed by atoms with van der Waals surface area (Å²) in [5, 5.41) is 4.02. The standard InChI is InChI=1S/C11H19N3O2/c1-7(2)9(12)11-13-10(14-16-11)8-3-5-15-6-4-8/h7-9H,3-6,12H2,1-2H3/t9-/m0/s1. The van der Waals surface area contributed by atoms with Crippen LogP contribution >= 0.6 is 0 Å². The van der Waals surface area contributed by atoms with Gasteiger partial charge in [-0.2, -0.15) is 4.98 Å². The molecule has 2 rings (SSSR count). The van der Waals surface area contributed by atoms with Gasteiger partial charge >= 0.3 is 0 Å². The van der Waals surface area contributed by atoms with Crippen LogP contribution in [0.1, 0.15) is 50.4 Å². The number of hydrogen-bond acceptors (Lipinski definition) is 5. The first-order chi connectivity index (χ1) is 7.68. The normalized spacial score (nSPS) is 20.2. The zero-order valence-corrected chi connectivity index (χ0v) is 9.85. The van der Waals surface area contributed by atoms with Crippen molar-refractivity contribution in [3.05, 3.63) is 11.7 Å². The topological polar surface area (TPSA) is 74.2 Å². The Kier molecular flexibility index (Phi) is 3.56. The highest BCUT2D eigenvalue weighted by atomic mass is 16.5. The Labute approximate surface area is 95.3 Å². The summed E-state index contributed by atoms with van der Waals surface area (Å²) in [5.41, 5.74) is 5.96. The van der Waals surface area contributed by atoms with E-state index >= 15 is 0 Å². The maximum atomic E-state index is 5.96. The molecule has 0 spiro atoms. The molecule has 0 bridgehead atoms. The highest BCUT2D eigenvalue weighted by Crippen LogP contribution is 2.26. The van der Waals surface area contributed by atoms with Gasteiger partial charge in [-0.3, -0.25) is 0 Å². The summed E-state index contributed by atoms with van der Waals surface area (Å²) >= 11 is 0. The summed E-state index contributed by atoms with van der Waals surface area (Å²) in [6.07, 6.45) is 1.94. The van der Waals surface area contributed by atoms with Gasteiger partial charge in [-0.25, -0.2) is 0 Å². The Morgan fingerprint density at radius 1 is 1.31 bits per heavy atom. The molecule has 1 aliphatic heterocycles. The van der Waals surface area contributed by atoms with Crippen LogP contribution in [0.5, 0.6) is 0 Å². The fourth-order valence-electron chi connectivity index (χ4n) is 1.79. The van der Waals surface area contributed by atoms with Crippen LogP contribution in [0.2, 0.25) is 0 Å². The van der Waals surface area contributed by atoms with Crippen molar-refractivity contribution in [1.82, 2.24) is 10.1 Å². The van der Waals surface area contributed by atoms with E-state index in [4.69, 9.17) is 15.0 Å². The smallest absolute Gasteiger partial charge is 0.243 e. The maximum Gasteiger partial charge on any atom is 0.243 e. The van der Waals surface area contributed by atoms with Gasteiger partial charge in [0.1, 0.15) is 0 Å². The largest absolute Gasteiger partial charge is 0.381 e. The van der Waals surface area contributed by atoms with Crippen LogP contribution in [0.4, 0.5) is 0 Å². The minimum atomic E-state index is -0.166. The molecule has 1 fully saturated rings. The second-order valence-corrected chi connectivity index (χ2v) is 4.65. The third kappa shape index (κ3) is 2.41. The molecule has 0 radical (unpaired) electrons. The van der Waals surface area contributed by atoms with E-state index in [9.17, 15) is 0 Å². The number of aromatic nitrogens is 2. The van der Waals surface area contributed by atoms with Crippen molar-refractivity contribution in [3.8, 4) is 0 Å². The highest BCUT2D eigenvalue weighted by Gasteiger charge is 2.24. The molecule has 0 aliphatic carbocycles. The zero-order chi connectivity index (χ0) is 11.5. The van der Waals surface area contributed by atoms with Crippen LogP contribution in [-0.4, -0.2) is 23.4 Å². The number of rotatable bonds is 3. The molecular weight excluding hydrogens is 206 g/mol. The van der Waals surface area contributed by atoms with Crippen molar-refractivity contribution in [3.63, 3.8) is 0 Å². The fraction of sp³-hybridized carbons (Fsp3) is 0.818. The number of nitrogens with two attached hydrogens (primary N) is 1. The monoisotopic (exact) mass is 225 g/mol. The molecule has 0 aromatic carbocycles. The second-order valence-electron chi connectivity index (χ2n) is 4.65. The van der Waals surface area contributed by atoms with E-state index in [0.29, 0.717) is 17.7 Å². The Balaban J connectivity index is 2.06. The Morgan fingerprint density at radius 3 is 2.62 bits per heavy atom. The highest BCUT2D eigenvalue weighted by molar-refractivity contribution is 4.99. The molecular formula is C11H19N3O2. The predicted molar refractivity (Wildman–Crippen MR) is 58.9 cm³/mol. The molecule has 2 N–H and O–H groups in total. The summed E-state index contributed by atoms with van der Waals surface area (Å²) < 4.78 is 10.5. The average molecular weight is 225 g/mol. The van der Waals surface area contributed by atoms with E-state index in [2.05, 4.69) is 10.1 Å². The lowest BCUT2D eigenvalue weighted by molar-refractivity contribution is 0.0830. The van der Waals surface area contributed by atoms with E-state index in [0.717, 1.165) is 31.9 Å². The average Bonchev–Trinajstić information content (AvgIpc) is 2.78. The minimum Gasteiger partial charge on any atom is -0.381 e. The maximum absolute atomic E-state index is 5.96. The van der Waals surface area contributed by atoms with Crippen molar-refractivity contribution < 1.29 is 9.26 Å². The first-order valence-electron chi connectivity index (χ1n) is 5.85. The van der Waals surface area contributed by atoms with Crippen LogP contribution in [0, 0.1) is 5.92 Å². The van der Waals surface area contributed by atoms with Crippen LogP contribution in [-0.2, 0) is 4.74 Å². The molecule has 1 aromatic rings. The molecule has 5 heteroatoms. The first kappa shape index (κ1) is 11.5. The molecule has 16 heavy (non-hydrogen) atoms. The molecule has 1 saturated heterocycles. The fourth-order valence-corrected chi connectivity index (χ4v) is 1.79. The summed E-state index contributed by atoms with van der Waals surface area (Å²) in [7, 11) is 0. The van der Waals surface area contributed by atoms with Crippen molar-refractivity contribution in [2.45, 2.75) is 38.6 Å². The first-order valence-corrected chi connectivity index (χ1v) is 5.85. The summed E-state index contributed by atoms with van der Waals surface area (Å²) in [6.45, 7) is 5.65. The van der Waals surface area contributed by atoms with Crippen LogP contribution in [0.25, 0.3) is 0 Å². The summed E-state index contributed by atoms with van der Waals surface area (Å²) in [4.78, 5) is 4.40. The lowest BCUT2D eigenvalue weighted by Crippen LogP contribution is -2.18. The van der Waals surface area contributed by atoms with Gasteiger partial charge in [-0.05, 0) is 18.8 Å². The number of hydrogen-bond donors (Lipinski definition) is 1. The van der Waals surface area contributed by atoms with Crippen molar-refractivity contribution in [1.29, 1.82) is 0 Å². The predicted octanol–water partition coefficient (Wildman–Crippen LogP) is 1.62. The Bertz CT molecular complexity index is 332. The SMILES string of the molecule is CC(C)[C@H](N)c1nc(C2CCOCC2)no1. The molecule has 1 atom stereocenters. The van der Waals surface area contributed by atoms with Crippen LogP contribution in [0.15, 0.2) is 4.52 Å². The Hall–Kier alpha value is -0.940. The van der Waals surface area contributed by atoms with E-state index in [1.165, 1.54) is 0 Å². The van der Waals surface area contributed by atoms with Gasteiger partial charge in [0.15, 0.2) is 5.82 Å². The van der Waals surface area contributed by atoms with Crippen LogP contribution < -0.4 is 5.73 Å². The van der Waals surface area contributed by atoms with Gasteiger partial charge in [0.2, 0.25) is 5.89 Å². The Morgan fingerprint density at radius 2 is 2.00 bits per heavy atom. The van der Waals surface area contributed by atoms with Gasteiger partial charge < -0.3 is 15.0 Å². The van der Waals surface area contributed by atoms with Gasteiger partial charge in [0.25, 0.3) is 0 Å². The lowest BCUT2D eigenvalue weighted by atomic mass is 10.00. The lowest BCUT2D eigenvalue weighted by Gasteiger charge is -2.18. The molecule has 1 aliphatic rings. The van der Waals surface area contributed by atoms with E-state index in [1.54, 1.807) is 0 Å². The van der Waals surface area contributed by atoms with Crippen molar-refractivity contribution >= 4 is 0 Å². The zero-order valence-electron chi connectivity index (χ0n) is 9.85.